The van der Waals surface area contributed by atoms with Gasteiger partial charge in [-0.15, -0.1) is 10.2 Å². The van der Waals surface area contributed by atoms with Gasteiger partial charge in [0.2, 0.25) is 15.2 Å². The molecule has 2 aliphatic heterocycles. The number of hydrogen-bond donors (Lipinski definition) is 1. The Labute approximate surface area is 134 Å². The molecule has 7 nitrogen and oxygen atoms in total. The summed E-state index contributed by atoms with van der Waals surface area (Å²) < 4.78 is 32.6. The van der Waals surface area contributed by atoms with Gasteiger partial charge in [0.15, 0.2) is 0 Å². The lowest BCUT2D eigenvalue weighted by molar-refractivity contribution is 0.111. The molecule has 1 aromatic heterocycles. The highest BCUT2D eigenvalue weighted by molar-refractivity contribution is 7.90. The van der Waals surface area contributed by atoms with E-state index >= 15 is 0 Å². The van der Waals surface area contributed by atoms with Gasteiger partial charge < -0.3 is 9.64 Å². The summed E-state index contributed by atoms with van der Waals surface area (Å²) >= 11 is 1.59. The monoisotopic (exact) mass is 344 g/mol. The summed E-state index contributed by atoms with van der Waals surface area (Å²) in [7, 11) is -3.11. The van der Waals surface area contributed by atoms with Crippen LogP contribution < -0.4 is 9.62 Å². The molecule has 1 aromatic rings. The highest BCUT2D eigenvalue weighted by atomic mass is 32.2. The van der Waals surface area contributed by atoms with Gasteiger partial charge in [-0.05, 0) is 19.8 Å². The summed E-state index contributed by atoms with van der Waals surface area (Å²) in [6.45, 7) is 4.78. The first-order valence-corrected chi connectivity index (χ1v) is 10.0. The van der Waals surface area contributed by atoms with Gasteiger partial charge in [0.25, 0.3) is 0 Å². The molecule has 0 aromatic carbocycles. The number of hydrogen-bond acceptors (Lipinski definition) is 7. The molecule has 0 radical (unpaired) electrons. The van der Waals surface area contributed by atoms with E-state index in [0.29, 0.717) is 19.1 Å². The van der Waals surface area contributed by atoms with Crippen molar-refractivity contribution in [2.75, 3.05) is 31.1 Å². The topological polar surface area (TPSA) is 84.4 Å². The number of nitrogens with one attached hydrogen (secondary N) is 1. The first-order valence-electron chi connectivity index (χ1n) is 7.68. The van der Waals surface area contributed by atoms with Gasteiger partial charge >= 0.3 is 0 Å². The first kappa shape index (κ1) is 14.8. The summed E-state index contributed by atoms with van der Waals surface area (Å²) in [6, 6.07) is 0. The molecule has 9 heteroatoms. The second-order valence-corrected chi connectivity index (χ2v) is 9.60. The van der Waals surface area contributed by atoms with Crippen LogP contribution in [0, 0.1) is 18.8 Å². The second kappa shape index (κ2) is 5.40. The van der Waals surface area contributed by atoms with Gasteiger partial charge in [0, 0.05) is 31.5 Å². The fraction of sp³-hybridized carbons (Fsp3) is 0.846. The van der Waals surface area contributed by atoms with Gasteiger partial charge in [-0.3, -0.25) is 0 Å². The lowest BCUT2D eigenvalue weighted by atomic mass is 9.93. The van der Waals surface area contributed by atoms with E-state index in [1.165, 1.54) is 0 Å². The third kappa shape index (κ3) is 2.75. The zero-order chi connectivity index (χ0) is 15.3. The maximum atomic E-state index is 12.0. The van der Waals surface area contributed by atoms with Crippen molar-refractivity contribution in [2.45, 2.75) is 31.1 Å². The van der Waals surface area contributed by atoms with E-state index in [4.69, 9.17) is 4.74 Å². The SMILES string of the molecule is Cc1nnc(N2C[C@@H]3[C@H](CNS(=O)(=O)C4CC4)CO[C@@H]3C2)s1. The van der Waals surface area contributed by atoms with Crippen molar-refractivity contribution in [2.24, 2.45) is 11.8 Å². The molecule has 3 fully saturated rings. The van der Waals surface area contributed by atoms with Crippen LogP contribution in [0.15, 0.2) is 0 Å². The third-order valence-corrected chi connectivity index (χ3v) is 7.55. The minimum Gasteiger partial charge on any atom is -0.376 e. The van der Waals surface area contributed by atoms with Crippen molar-refractivity contribution in [3.8, 4) is 0 Å². The Morgan fingerprint density at radius 3 is 2.86 bits per heavy atom. The minimum atomic E-state index is -3.11. The molecule has 0 spiro atoms. The first-order chi connectivity index (χ1) is 10.5. The molecule has 4 rings (SSSR count). The second-order valence-electron chi connectivity index (χ2n) is 6.40. The van der Waals surface area contributed by atoms with Crippen molar-refractivity contribution in [3.63, 3.8) is 0 Å². The third-order valence-electron chi connectivity index (χ3n) is 4.73. The predicted octanol–water partition coefficient (Wildman–Crippen LogP) is 0.380. The van der Waals surface area contributed by atoms with Crippen LogP contribution in [0.3, 0.4) is 0 Å². The molecule has 122 valence electrons. The largest absolute Gasteiger partial charge is 0.376 e. The van der Waals surface area contributed by atoms with Crippen molar-refractivity contribution in [3.05, 3.63) is 5.01 Å². The zero-order valence-corrected chi connectivity index (χ0v) is 14.1. The zero-order valence-electron chi connectivity index (χ0n) is 12.4. The standard InChI is InChI=1S/C13H20N4O3S2/c1-8-15-16-13(21-8)17-5-11-9(7-20-12(11)6-17)4-14-22(18,19)10-2-3-10/h9-12,14H,2-7H2,1H3/t9-,11-,12-/m1/s1. The number of anilines is 1. The smallest absolute Gasteiger partial charge is 0.214 e. The van der Waals surface area contributed by atoms with Crippen LogP contribution in [0.4, 0.5) is 5.13 Å². The van der Waals surface area contributed by atoms with Gasteiger partial charge in [-0.2, -0.15) is 0 Å². The Morgan fingerprint density at radius 2 is 2.18 bits per heavy atom. The number of aromatic nitrogens is 2. The number of nitrogens with zero attached hydrogens (tertiary/aromatic N) is 3. The van der Waals surface area contributed by atoms with E-state index < -0.39 is 10.0 Å². The van der Waals surface area contributed by atoms with Crippen LogP contribution in [0.25, 0.3) is 0 Å². The molecule has 1 N–H and O–H groups in total. The lowest BCUT2D eigenvalue weighted by Gasteiger charge is -2.19. The summed E-state index contributed by atoms with van der Waals surface area (Å²) in [4.78, 5) is 2.21. The van der Waals surface area contributed by atoms with Crippen LogP contribution in [0.1, 0.15) is 17.8 Å². The maximum Gasteiger partial charge on any atom is 0.214 e. The van der Waals surface area contributed by atoms with Crippen LogP contribution in [-0.2, 0) is 14.8 Å². The molecule has 2 saturated heterocycles. The van der Waals surface area contributed by atoms with Gasteiger partial charge in [0.05, 0.1) is 18.0 Å². The predicted molar refractivity (Wildman–Crippen MR) is 83.5 cm³/mol. The summed E-state index contributed by atoms with van der Waals surface area (Å²) in [5.41, 5.74) is 0. The Morgan fingerprint density at radius 1 is 1.36 bits per heavy atom. The molecular weight excluding hydrogens is 324 g/mol. The Kier molecular flexibility index (Phi) is 3.63. The molecule has 3 heterocycles. The number of fused-ring (bicyclic) bond motifs is 1. The van der Waals surface area contributed by atoms with E-state index in [0.717, 1.165) is 36.1 Å². The summed E-state index contributed by atoms with van der Waals surface area (Å²) in [6.07, 6.45) is 1.78. The Bertz CT molecular complexity index is 658. The lowest BCUT2D eigenvalue weighted by Crippen LogP contribution is -2.35. The summed E-state index contributed by atoms with van der Waals surface area (Å²) in [5.74, 6) is 0.614. The highest BCUT2D eigenvalue weighted by Gasteiger charge is 2.45. The molecule has 3 aliphatic rings. The normalized spacial score (nSPS) is 31.7. The molecule has 0 unspecified atom stereocenters. The average Bonchev–Trinajstić information content (AvgIpc) is 2.96. The molecule has 0 bridgehead atoms. The van der Waals surface area contributed by atoms with Crippen molar-refractivity contribution < 1.29 is 13.2 Å². The Hall–Kier alpha value is -0.770. The molecule has 1 aliphatic carbocycles. The fourth-order valence-electron chi connectivity index (χ4n) is 3.30. The van der Waals surface area contributed by atoms with E-state index in [9.17, 15) is 8.42 Å². The fourth-order valence-corrected chi connectivity index (χ4v) is 5.44. The number of ether oxygens (including phenoxy) is 1. The average molecular weight is 344 g/mol. The molecule has 0 amide bonds. The van der Waals surface area contributed by atoms with Crippen molar-refractivity contribution in [1.82, 2.24) is 14.9 Å². The highest BCUT2D eigenvalue weighted by Crippen LogP contribution is 2.37. The van der Waals surface area contributed by atoms with Crippen molar-refractivity contribution >= 4 is 26.5 Å². The van der Waals surface area contributed by atoms with E-state index in [2.05, 4.69) is 19.8 Å². The van der Waals surface area contributed by atoms with Crippen molar-refractivity contribution in [1.29, 1.82) is 0 Å². The maximum absolute atomic E-state index is 12.0. The van der Waals surface area contributed by atoms with E-state index in [1.54, 1.807) is 11.3 Å². The molecular formula is C13H20N4O3S2. The number of sulfonamides is 1. The van der Waals surface area contributed by atoms with Crippen LogP contribution in [0.2, 0.25) is 0 Å². The van der Waals surface area contributed by atoms with Gasteiger partial charge in [-0.25, -0.2) is 13.1 Å². The molecule has 1 saturated carbocycles. The van der Waals surface area contributed by atoms with Crippen LogP contribution in [-0.4, -0.2) is 56.2 Å². The number of aryl methyl sites for hydroxylation is 1. The molecule has 3 atom stereocenters. The van der Waals surface area contributed by atoms with Crippen LogP contribution >= 0.6 is 11.3 Å². The minimum absolute atomic E-state index is 0.157. The van der Waals surface area contributed by atoms with E-state index in [1.807, 2.05) is 6.92 Å². The van der Waals surface area contributed by atoms with Gasteiger partial charge in [0.1, 0.15) is 5.01 Å². The number of rotatable bonds is 5. The van der Waals surface area contributed by atoms with E-state index in [-0.39, 0.29) is 17.3 Å². The van der Waals surface area contributed by atoms with Gasteiger partial charge in [-0.1, -0.05) is 11.3 Å². The Balaban J connectivity index is 1.38. The summed E-state index contributed by atoms with van der Waals surface area (Å²) in [5, 5.41) is 10.00. The molecule has 22 heavy (non-hydrogen) atoms. The quantitative estimate of drug-likeness (QED) is 0.831. The van der Waals surface area contributed by atoms with Crippen LogP contribution in [0.5, 0.6) is 0 Å².